The van der Waals surface area contributed by atoms with Crippen molar-refractivity contribution < 1.29 is 9.84 Å². The fourth-order valence-electron chi connectivity index (χ4n) is 1.72. The number of ether oxygens (including phenoxy) is 1. The monoisotopic (exact) mass is 242 g/mol. The molecule has 0 fully saturated rings. The molecule has 1 unspecified atom stereocenters. The van der Waals surface area contributed by atoms with Crippen LogP contribution in [0.15, 0.2) is 0 Å². The van der Waals surface area contributed by atoms with E-state index in [0.717, 1.165) is 18.1 Å². The summed E-state index contributed by atoms with van der Waals surface area (Å²) in [4.78, 5) is 0. The number of rotatable bonds is 7. The molecule has 1 rings (SSSR count). The summed E-state index contributed by atoms with van der Waals surface area (Å²) >= 11 is 0. The number of nitrogens with zero attached hydrogens (tertiary/aromatic N) is 2. The average Bonchev–Trinajstić information content (AvgIpc) is 2.57. The molecule has 0 aliphatic carbocycles. The van der Waals surface area contributed by atoms with Gasteiger partial charge in [0.15, 0.2) is 0 Å². The summed E-state index contributed by atoms with van der Waals surface area (Å²) in [6.45, 7) is 5.27. The second-order valence-electron chi connectivity index (χ2n) is 3.97. The van der Waals surface area contributed by atoms with E-state index in [0.29, 0.717) is 18.7 Å². The standard InChI is InChI=1S/C11H22N4O2/c1-4-15-11(10(12)8(2)14-15)13-9(5-6-16)7-17-3/h9,13,16H,4-7,12H2,1-3H3. The van der Waals surface area contributed by atoms with Crippen LogP contribution in [0.2, 0.25) is 0 Å². The summed E-state index contributed by atoms with van der Waals surface area (Å²) in [5.74, 6) is 0.806. The van der Waals surface area contributed by atoms with E-state index in [9.17, 15) is 0 Å². The molecule has 0 radical (unpaired) electrons. The molecule has 0 amide bonds. The first-order valence-corrected chi connectivity index (χ1v) is 5.83. The molecule has 17 heavy (non-hydrogen) atoms. The number of nitrogens with one attached hydrogen (secondary N) is 1. The highest BCUT2D eigenvalue weighted by Gasteiger charge is 2.15. The van der Waals surface area contributed by atoms with Crippen LogP contribution in [0.1, 0.15) is 19.0 Å². The molecule has 0 spiro atoms. The predicted molar refractivity (Wildman–Crippen MR) is 68.0 cm³/mol. The summed E-state index contributed by atoms with van der Waals surface area (Å²) in [6, 6.07) is 0.0358. The number of nitrogen functional groups attached to an aromatic ring is 1. The Morgan fingerprint density at radius 1 is 1.59 bits per heavy atom. The highest BCUT2D eigenvalue weighted by molar-refractivity contribution is 5.65. The first-order valence-electron chi connectivity index (χ1n) is 5.83. The van der Waals surface area contributed by atoms with Crippen LogP contribution in [-0.4, -0.2) is 41.3 Å². The summed E-state index contributed by atoms with van der Waals surface area (Å²) in [7, 11) is 1.64. The minimum Gasteiger partial charge on any atom is -0.396 e. The maximum atomic E-state index is 8.99. The molecule has 98 valence electrons. The lowest BCUT2D eigenvalue weighted by Crippen LogP contribution is -2.28. The first kappa shape index (κ1) is 13.8. The van der Waals surface area contributed by atoms with Gasteiger partial charge in [-0.05, 0) is 20.3 Å². The molecule has 1 heterocycles. The van der Waals surface area contributed by atoms with Crippen molar-refractivity contribution in [1.29, 1.82) is 0 Å². The van der Waals surface area contributed by atoms with Gasteiger partial charge in [0.25, 0.3) is 0 Å². The Bertz CT molecular complexity index is 345. The average molecular weight is 242 g/mol. The largest absolute Gasteiger partial charge is 0.396 e. The third kappa shape index (κ3) is 3.34. The van der Waals surface area contributed by atoms with Gasteiger partial charge in [-0.1, -0.05) is 0 Å². The maximum absolute atomic E-state index is 8.99. The molecule has 0 saturated heterocycles. The minimum atomic E-state index is 0.0358. The number of hydrogen-bond acceptors (Lipinski definition) is 5. The van der Waals surface area contributed by atoms with Gasteiger partial charge >= 0.3 is 0 Å². The van der Waals surface area contributed by atoms with Gasteiger partial charge in [-0.3, -0.25) is 0 Å². The number of nitrogens with two attached hydrogens (primary N) is 1. The fourth-order valence-corrected chi connectivity index (χ4v) is 1.72. The van der Waals surface area contributed by atoms with Gasteiger partial charge in [0, 0.05) is 20.3 Å². The molecule has 0 saturated carbocycles. The Balaban J connectivity index is 2.83. The van der Waals surface area contributed by atoms with Crippen LogP contribution in [0.3, 0.4) is 0 Å². The Labute approximate surface area is 102 Å². The number of anilines is 2. The van der Waals surface area contributed by atoms with Crippen molar-refractivity contribution in [3.8, 4) is 0 Å². The van der Waals surface area contributed by atoms with Crippen LogP contribution < -0.4 is 11.1 Å². The van der Waals surface area contributed by atoms with Gasteiger partial charge < -0.3 is 20.9 Å². The van der Waals surface area contributed by atoms with Crippen LogP contribution in [0.5, 0.6) is 0 Å². The van der Waals surface area contributed by atoms with Crippen LogP contribution in [0, 0.1) is 6.92 Å². The van der Waals surface area contributed by atoms with Crippen molar-refractivity contribution in [2.45, 2.75) is 32.9 Å². The van der Waals surface area contributed by atoms with Crippen molar-refractivity contribution in [2.24, 2.45) is 0 Å². The second kappa shape index (κ2) is 6.46. The van der Waals surface area contributed by atoms with E-state index >= 15 is 0 Å². The Kier molecular flexibility index (Phi) is 5.24. The summed E-state index contributed by atoms with van der Waals surface area (Å²) < 4.78 is 6.93. The third-order valence-corrected chi connectivity index (χ3v) is 2.66. The number of hydrogen-bond donors (Lipinski definition) is 3. The van der Waals surface area contributed by atoms with E-state index in [1.54, 1.807) is 7.11 Å². The number of aryl methyl sites for hydroxylation is 2. The Morgan fingerprint density at radius 2 is 2.29 bits per heavy atom. The van der Waals surface area contributed by atoms with Gasteiger partial charge in [0.2, 0.25) is 0 Å². The number of aliphatic hydroxyl groups is 1. The summed E-state index contributed by atoms with van der Waals surface area (Å²) in [5, 5.41) is 16.6. The lowest BCUT2D eigenvalue weighted by atomic mass is 10.2. The van der Waals surface area contributed by atoms with Gasteiger partial charge in [0.05, 0.1) is 24.0 Å². The number of methoxy groups -OCH3 is 1. The van der Waals surface area contributed by atoms with Crippen molar-refractivity contribution in [1.82, 2.24) is 9.78 Å². The van der Waals surface area contributed by atoms with Crippen LogP contribution in [0.25, 0.3) is 0 Å². The van der Waals surface area contributed by atoms with E-state index in [4.69, 9.17) is 15.6 Å². The minimum absolute atomic E-state index is 0.0358. The molecular weight excluding hydrogens is 220 g/mol. The quantitative estimate of drug-likeness (QED) is 0.652. The second-order valence-corrected chi connectivity index (χ2v) is 3.97. The third-order valence-electron chi connectivity index (χ3n) is 2.66. The summed E-state index contributed by atoms with van der Waals surface area (Å²) in [5.41, 5.74) is 7.44. The lowest BCUT2D eigenvalue weighted by Gasteiger charge is -2.19. The molecule has 1 atom stereocenters. The highest BCUT2D eigenvalue weighted by Crippen LogP contribution is 2.23. The van der Waals surface area contributed by atoms with Gasteiger partial charge in [-0.2, -0.15) is 5.10 Å². The highest BCUT2D eigenvalue weighted by atomic mass is 16.5. The Hall–Kier alpha value is -1.27. The van der Waals surface area contributed by atoms with E-state index in [1.165, 1.54) is 0 Å². The van der Waals surface area contributed by atoms with E-state index in [2.05, 4.69) is 10.4 Å². The molecule has 0 aliphatic rings. The van der Waals surface area contributed by atoms with Crippen molar-refractivity contribution in [3.05, 3.63) is 5.69 Å². The predicted octanol–water partition coefficient (Wildman–Crippen LogP) is 0.603. The van der Waals surface area contributed by atoms with E-state index < -0.39 is 0 Å². The molecule has 1 aromatic rings. The zero-order valence-electron chi connectivity index (χ0n) is 10.7. The molecular formula is C11H22N4O2. The van der Waals surface area contributed by atoms with Gasteiger partial charge in [0.1, 0.15) is 5.82 Å². The zero-order valence-corrected chi connectivity index (χ0v) is 10.7. The normalized spacial score (nSPS) is 12.7. The molecule has 0 aromatic carbocycles. The molecule has 0 bridgehead atoms. The van der Waals surface area contributed by atoms with Crippen LogP contribution in [0.4, 0.5) is 11.5 Å². The van der Waals surface area contributed by atoms with E-state index in [1.807, 2.05) is 18.5 Å². The molecule has 4 N–H and O–H groups in total. The molecule has 6 heteroatoms. The molecule has 6 nitrogen and oxygen atoms in total. The summed E-state index contributed by atoms with van der Waals surface area (Å²) in [6.07, 6.45) is 0.612. The molecule has 1 aromatic heterocycles. The van der Waals surface area contributed by atoms with Gasteiger partial charge in [-0.25, -0.2) is 4.68 Å². The van der Waals surface area contributed by atoms with Crippen LogP contribution in [-0.2, 0) is 11.3 Å². The number of aromatic nitrogens is 2. The molecule has 0 aliphatic heterocycles. The zero-order chi connectivity index (χ0) is 12.8. The van der Waals surface area contributed by atoms with Crippen molar-refractivity contribution in [3.63, 3.8) is 0 Å². The fraction of sp³-hybridized carbons (Fsp3) is 0.727. The Morgan fingerprint density at radius 3 is 2.82 bits per heavy atom. The first-order chi connectivity index (χ1) is 8.13. The lowest BCUT2D eigenvalue weighted by molar-refractivity contribution is 0.170. The maximum Gasteiger partial charge on any atom is 0.148 e. The topological polar surface area (TPSA) is 85.3 Å². The SMILES string of the molecule is CCn1nc(C)c(N)c1NC(CCO)COC. The number of aliphatic hydroxyl groups excluding tert-OH is 1. The van der Waals surface area contributed by atoms with Crippen molar-refractivity contribution in [2.75, 3.05) is 31.4 Å². The van der Waals surface area contributed by atoms with Crippen LogP contribution >= 0.6 is 0 Å². The van der Waals surface area contributed by atoms with Crippen molar-refractivity contribution >= 4 is 11.5 Å². The smallest absolute Gasteiger partial charge is 0.148 e. The van der Waals surface area contributed by atoms with E-state index in [-0.39, 0.29) is 12.6 Å². The van der Waals surface area contributed by atoms with Gasteiger partial charge in [-0.15, -0.1) is 0 Å².